The first-order chi connectivity index (χ1) is 23.8. The minimum absolute atomic E-state index is 0.0133. The number of hydrogen-bond donors (Lipinski definition) is 0. The first-order valence-electron chi connectivity index (χ1n) is 17.1. The highest BCUT2D eigenvalue weighted by Crippen LogP contribution is 2.41. The minimum Gasteiger partial charge on any atom is -0.461 e. The summed E-state index contributed by atoms with van der Waals surface area (Å²) in [6.07, 6.45) is 8.55. The minimum atomic E-state index is -0.945. The summed E-state index contributed by atoms with van der Waals surface area (Å²) >= 11 is 0. The third kappa shape index (κ3) is 5.85. The van der Waals surface area contributed by atoms with E-state index in [0.717, 1.165) is 19.4 Å². The van der Waals surface area contributed by atoms with Crippen LogP contribution in [0.15, 0.2) is 36.5 Å². The molecule has 4 atom stereocenters. The summed E-state index contributed by atoms with van der Waals surface area (Å²) in [6, 6.07) is 7.52. The number of carbonyl (C=O) groups excluding carboxylic acids is 1. The van der Waals surface area contributed by atoms with Gasteiger partial charge in [0.25, 0.3) is 0 Å². The molecule has 0 aliphatic carbocycles. The van der Waals surface area contributed by atoms with Crippen LogP contribution in [0, 0.1) is 24.0 Å². The van der Waals surface area contributed by atoms with E-state index < -0.39 is 35.0 Å². The molecule has 0 unspecified atom stereocenters. The number of alkyl halides is 1. The van der Waals surface area contributed by atoms with Gasteiger partial charge in [0.05, 0.1) is 28.6 Å². The Morgan fingerprint density at radius 2 is 1.98 bits per heavy atom. The van der Waals surface area contributed by atoms with Crippen LogP contribution < -0.4 is 9.64 Å². The lowest BCUT2D eigenvalue weighted by Gasteiger charge is -2.33. The van der Waals surface area contributed by atoms with Crippen molar-refractivity contribution >= 4 is 33.6 Å². The largest absolute Gasteiger partial charge is 0.461 e. The standard InChI is InChI=1S/C38H41F3N6O3/c1-7-25-28(40)13-12-23-10-8-11-26(30(23)25)32-31(41)33-27(19-42-32)34(45(6)29-14-17-47(22(29)2)36(48)50-37(3,4)5)44-35(43-33)49-21-38-15-9-16-46(38)20-24(39)18-38/h1,8,10-13,19,22,24,29H,9,14-18,20-21H2,2-6H3/t22-,24-,29+,38+/m1/s1. The molecule has 2 aromatic heterocycles. The summed E-state index contributed by atoms with van der Waals surface area (Å²) < 4.78 is 58.3. The molecule has 0 spiro atoms. The normalized spacial score (nSPS) is 23.7. The summed E-state index contributed by atoms with van der Waals surface area (Å²) in [6.45, 7) is 9.19. The van der Waals surface area contributed by atoms with Crippen molar-refractivity contribution in [2.45, 2.75) is 82.8 Å². The Hall–Kier alpha value is -4.63. The van der Waals surface area contributed by atoms with Gasteiger partial charge in [-0.1, -0.05) is 30.2 Å². The molecule has 0 N–H and O–H groups in total. The molecule has 2 aromatic carbocycles. The zero-order valence-corrected chi connectivity index (χ0v) is 29.0. The van der Waals surface area contributed by atoms with Crippen molar-refractivity contribution in [3.8, 4) is 29.6 Å². The van der Waals surface area contributed by atoms with E-state index in [0.29, 0.717) is 53.5 Å². The number of terminal acetylenes is 1. The summed E-state index contributed by atoms with van der Waals surface area (Å²) in [4.78, 5) is 32.7. The number of halogens is 3. The molecule has 50 heavy (non-hydrogen) atoms. The zero-order valence-electron chi connectivity index (χ0n) is 29.0. The Bertz CT molecular complexity index is 2030. The van der Waals surface area contributed by atoms with Gasteiger partial charge in [-0.05, 0) is 65.0 Å². The first-order valence-corrected chi connectivity index (χ1v) is 17.1. The molecule has 262 valence electrons. The predicted octanol–water partition coefficient (Wildman–Crippen LogP) is 6.89. The average molecular weight is 687 g/mol. The van der Waals surface area contributed by atoms with Gasteiger partial charge in [-0.25, -0.2) is 18.0 Å². The molecular weight excluding hydrogens is 645 g/mol. The summed E-state index contributed by atoms with van der Waals surface area (Å²) in [5.74, 6) is 1.45. The van der Waals surface area contributed by atoms with E-state index in [-0.39, 0.29) is 41.5 Å². The number of nitrogens with zero attached hydrogens (tertiary/aromatic N) is 6. The summed E-state index contributed by atoms with van der Waals surface area (Å²) in [5.41, 5.74) is -0.877. The van der Waals surface area contributed by atoms with Crippen LogP contribution in [0.4, 0.5) is 23.8 Å². The van der Waals surface area contributed by atoms with Crippen LogP contribution in [0.1, 0.15) is 58.9 Å². The van der Waals surface area contributed by atoms with E-state index in [1.54, 1.807) is 29.2 Å². The van der Waals surface area contributed by atoms with E-state index in [9.17, 15) is 13.6 Å². The quantitative estimate of drug-likeness (QED) is 0.203. The molecular formula is C38H41F3N6O3. The molecule has 7 rings (SSSR count). The van der Waals surface area contributed by atoms with Gasteiger partial charge in [0.1, 0.15) is 41.2 Å². The van der Waals surface area contributed by atoms with Crippen LogP contribution in [0.2, 0.25) is 0 Å². The first kappa shape index (κ1) is 33.8. The number of rotatable bonds is 6. The highest BCUT2D eigenvalue weighted by atomic mass is 19.1. The number of hydrogen-bond acceptors (Lipinski definition) is 8. The van der Waals surface area contributed by atoms with Crippen molar-refractivity contribution in [3.63, 3.8) is 0 Å². The maximum atomic E-state index is 16.9. The number of likely N-dealkylation sites (tertiary alicyclic amines) is 1. The molecule has 3 saturated heterocycles. The fraction of sp³-hybridized carbons (Fsp3) is 0.474. The lowest BCUT2D eigenvalue weighted by molar-refractivity contribution is 0.0233. The van der Waals surface area contributed by atoms with Crippen LogP contribution >= 0.6 is 0 Å². The number of ether oxygens (including phenoxy) is 2. The van der Waals surface area contributed by atoms with Gasteiger partial charge < -0.3 is 19.3 Å². The van der Waals surface area contributed by atoms with E-state index in [2.05, 4.69) is 20.8 Å². The van der Waals surface area contributed by atoms with Gasteiger partial charge in [-0.2, -0.15) is 9.97 Å². The van der Waals surface area contributed by atoms with E-state index in [1.165, 1.54) is 12.3 Å². The average Bonchev–Trinajstić information content (AvgIpc) is 3.74. The number of likely N-dealkylation sites (N-methyl/N-ethyl adjacent to an activating group) is 1. The highest BCUT2D eigenvalue weighted by molar-refractivity contribution is 6.02. The maximum Gasteiger partial charge on any atom is 0.410 e. The highest BCUT2D eigenvalue weighted by Gasteiger charge is 2.49. The van der Waals surface area contributed by atoms with Crippen molar-refractivity contribution in [2.24, 2.45) is 0 Å². The molecule has 0 radical (unpaired) electrons. The molecule has 4 aromatic rings. The monoisotopic (exact) mass is 686 g/mol. The number of amides is 1. The number of pyridine rings is 1. The molecule has 1 amide bonds. The van der Waals surface area contributed by atoms with Crippen molar-refractivity contribution in [1.82, 2.24) is 24.8 Å². The van der Waals surface area contributed by atoms with Gasteiger partial charge in [-0.3, -0.25) is 9.88 Å². The van der Waals surface area contributed by atoms with Crippen LogP contribution in [0.3, 0.4) is 0 Å². The van der Waals surface area contributed by atoms with Crippen molar-refractivity contribution in [2.75, 3.05) is 38.2 Å². The third-order valence-corrected chi connectivity index (χ3v) is 10.4. The molecule has 3 fully saturated rings. The van der Waals surface area contributed by atoms with E-state index in [1.807, 2.05) is 39.6 Å². The predicted molar refractivity (Wildman–Crippen MR) is 186 cm³/mol. The number of benzene rings is 2. The third-order valence-electron chi connectivity index (χ3n) is 10.4. The molecule has 9 nitrogen and oxygen atoms in total. The van der Waals surface area contributed by atoms with Gasteiger partial charge in [0.2, 0.25) is 0 Å². The Morgan fingerprint density at radius 3 is 2.74 bits per heavy atom. The smallest absolute Gasteiger partial charge is 0.410 e. The molecule has 3 aliphatic heterocycles. The Morgan fingerprint density at radius 1 is 1.18 bits per heavy atom. The Balaban J connectivity index is 1.32. The molecule has 12 heteroatoms. The van der Waals surface area contributed by atoms with Gasteiger partial charge in [0.15, 0.2) is 5.82 Å². The number of carbonyl (C=O) groups is 1. The number of aromatic nitrogens is 3. The van der Waals surface area contributed by atoms with E-state index >= 15 is 4.39 Å². The van der Waals surface area contributed by atoms with Crippen LogP contribution in [-0.4, -0.2) is 93.5 Å². The van der Waals surface area contributed by atoms with Gasteiger partial charge in [0, 0.05) is 43.7 Å². The van der Waals surface area contributed by atoms with Gasteiger partial charge in [-0.15, -0.1) is 6.42 Å². The second kappa shape index (κ2) is 12.6. The van der Waals surface area contributed by atoms with Crippen LogP contribution in [0.5, 0.6) is 6.01 Å². The van der Waals surface area contributed by atoms with Crippen molar-refractivity contribution in [1.29, 1.82) is 0 Å². The molecule has 0 bridgehead atoms. The van der Waals surface area contributed by atoms with Gasteiger partial charge >= 0.3 is 12.1 Å². The van der Waals surface area contributed by atoms with E-state index in [4.69, 9.17) is 20.9 Å². The second-order valence-corrected chi connectivity index (χ2v) is 14.7. The molecule has 0 saturated carbocycles. The number of fused-ring (bicyclic) bond motifs is 3. The summed E-state index contributed by atoms with van der Waals surface area (Å²) in [7, 11) is 1.84. The van der Waals surface area contributed by atoms with Crippen molar-refractivity contribution < 1.29 is 27.4 Å². The zero-order chi connectivity index (χ0) is 35.5. The molecule has 3 aliphatic rings. The number of anilines is 1. The fourth-order valence-corrected chi connectivity index (χ4v) is 8.06. The van der Waals surface area contributed by atoms with Crippen LogP contribution in [-0.2, 0) is 4.74 Å². The Kier molecular flexibility index (Phi) is 8.53. The fourth-order valence-electron chi connectivity index (χ4n) is 8.06. The lowest BCUT2D eigenvalue weighted by Crippen LogP contribution is -2.45. The lowest BCUT2D eigenvalue weighted by atomic mass is 9.95. The topological polar surface area (TPSA) is 83.9 Å². The second-order valence-electron chi connectivity index (χ2n) is 14.7. The van der Waals surface area contributed by atoms with Crippen LogP contribution in [0.25, 0.3) is 32.9 Å². The Labute approximate surface area is 289 Å². The summed E-state index contributed by atoms with van der Waals surface area (Å²) in [5, 5.41) is 1.34. The molecule has 5 heterocycles. The maximum absolute atomic E-state index is 16.9. The SMILES string of the molecule is C#Cc1c(F)ccc2cccc(-c3ncc4c(N(C)[C@H]5CCN(C(=O)OC(C)(C)C)[C@@H]5C)nc(OC[C@@]56CCCN5C[C@H](F)C6)nc4c3F)c12. The van der Waals surface area contributed by atoms with Crippen molar-refractivity contribution in [3.05, 3.63) is 53.7 Å².